The number of carbonyl (C=O) groups is 1. The first-order valence-electron chi connectivity index (χ1n) is 11.8. The van der Waals surface area contributed by atoms with Crippen LogP contribution in [0.25, 0.3) is 22.2 Å². The number of aromatic nitrogens is 1. The lowest BCUT2D eigenvalue weighted by Crippen LogP contribution is -2.28. The minimum absolute atomic E-state index is 0.0633. The van der Waals surface area contributed by atoms with Gasteiger partial charge in [0.1, 0.15) is 5.75 Å². The van der Waals surface area contributed by atoms with Crippen LogP contribution in [0.1, 0.15) is 33.1 Å². The molecule has 1 aromatic heterocycles. The lowest BCUT2D eigenvalue weighted by atomic mass is 9.93. The Balaban J connectivity index is 1.59. The standard InChI is InChI=1S/C31H26N2O2/c1-32-27-15-9-8-14-26(27)28(29(32)22-10-4-3-5-11-22)30-24-12-6-7-13-25(24)31(34)33(30)20-21-16-18-23(35-2)19-17-21/h3-19,30H,20H2,1-2H3/t30-/m1/s1. The summed E-state index contributed by atoms with van der Waals surface area (Å²) >= 11 is 0. The number of benzene rings is 4. The fourth-order valence-corrected chi connectivity index (χ4v) is 5.42. The molecule has 5 aromatic rings. The number of amides is 1. The molecule has 35 heavy (non-hydrogen) atoms. The third-order valence-corrected chi connectivity index (χ3v) is 7.04. The summed E-state index contributed by atoms with van der Waals surface area (Å²) in [7, 11) is 3.78. The first-order valence-corrected chi connectivity index (χ1v) is 11.8. The Morgan fingerprint density at radius 2 is 1.49 bits per heavy atom. The molecular formula is C31H26N2O2. The quantitative estimate of drug-likeness (QED) is 0.297. The Morgan fingerprint density at radius 3 is 2.26 bits per heavy atom. The highest BCUT2D eigenvalue weighted by Gasteiger charge is 2.40. The number of rotatable bonds is 5. The van der Waals surface area contributed by atoms with Crippen molar-refractivity contribution in [3.63, 3.8) is 0 Å². The number of carbonyl (C=O) groups excluding carboxylic acids is 1. The molecule has 0 spiro atoms. The van der Waals surface area contributed by atoms with Crippen molar-refractivity contribution >= 4 is 16.8 Å². The van der Waals surface area contributed by atoms with Crippen molar-refractivity contribution < 1.29 is 9.53 Å². The monoisotopic (exact) mass is 458 g/mol. The van der Waals surface area contributed by atoms with Crippen molar-refractivity contribution in [2.45, 2.75) is 12.6 Å². The molecule has 0 saturated carbocycles. The minimum atomic E-state index is -0.192. The number of hydrogen-bond acceptors (Lipinski definition) is 2. The molecule has 0 radical (unpaired) electrons. The van der Waals surface area contributed by atoms with Gasteiger partial charge in [0, 0.05) is 35.6 Å². The summed E-state index contributed by atoms with van der Waals surface area (Å²) in [4.78, 5) is 15.8. The number of nitrogens with zero attached hydrogens (tertiary/aromatic N) is 2. The molecule has 0 fully saturated rings. The maximum atomic E-state index is 13.8. The highest BCUT2D eigenvalue weighted by molar-refractivity contribution is 6.02. The van der Waals surface area contributed by atoms with Crippen LogP contribution in [0.15, 0.2) is 103 Å². The zero-order chi connectivity index (χ0) is 23.9. The second-order valence-electron chi connectivity index (χ2n) is 8.98. The van der Waals surface area contributed by atoms with Gasteiger partial charge in [-0.15, -0.1) is 0 Å². The molecule has 1 aliphatic heterocycles. The van der Waals surface area contributed by atoms with Crippen LogP contribution >= 0.6 is 0 Å². The largest absolute Gasteiger partial charge is 0.497 e. The third-order valence-electron chi connectivity index (χ3n) is 7.04. The second-order valence-corrected chi connectivity index (χ2v) is 8.98. The Labute approximate surface area is 205 Å². The van der Waals surface area contributed by atoms with Gasteiger partial charge < -0.3 is 14.2 Å². The van der Waals surface area contributed by atoms with Gasteiger partial charge in [-0.2, -0.15) is 0 Å². The molecule has 0 N–H and O–H groups in total. The van der Waals surface area contributed by atoms with E-state index in [1.54, 1.807) is 7.11 Å². The molecular weight excluding hydrogens is 432 g/mol. The Bertz CT molecular complexity index is 1530. The van der Waals surface area contributed by atoms with E-state index in [1.165, 1.54) is 10.9 Å². The van der Waals surface area contributed by atoms with Gasteiger partial charge in [-0.3, -0.25) is 4.79 Å². The summed E-state index contributed by atoms with van der Waals surface area (Å²) < 4.78 is 7.59. The van der Waals surface area contributed by atoms with Crippen molar-refractivity contribution in [2.75, 3.05) is 7.11 Å². The van der Waals surface area contributed by atoms with E-state index in [-0.39, 0.29) is 11.9 Å². The normalized spacial score (nSPS) is 15.0. The Kier molecular flexibility index (Phi) is 5.14. The summed E-state index contributed by atoms with van der Waals surface area (Å²) in [5, 5.41) is 1.17. The SMILES string of the molecule is COc1ccc(CN2C(=O)c3ccccc3[C@@H]2c2c(-c3ccccc3)n(C)c3ccccc23)cc1. The number of ether oxygens (including phenoxy) is 1. The van der Waals surface area contributed by atoms with Gasteiger partial charge in [0.25, 0.3) is 5.91 Å². The van der Waals surface area contributed by atoms with Gasteiger partial charge >= 0.3 is 0 Å². The van der Waals surface area contributed by atoms with E-state index in [4.69, 9.17) is 4.74 Å². The number of fused-ring (bicyclic) bond motifs is 2. The van der Waals surface area contributed by atoms with E-state index >= 15 is 0 Å². The first kappa shape index (κ1) is 21.2. The van der Waals surface area contributed by atoms with Crippen LogP contribution in [0.2, 0.25) is 0 Å². The van der Waals surface area contributed by atoms with Crippen LogP contribution in [0.5, 0.6) is 5.75 Å². The smallest absolute Gasteiger partial charge is 0.255 e. The predicted molar refractivity (Wildman–Crippen MR) is 140 cm³/mol. The summed E-state index contributed by atoms with van der Waals surface area (Å²) in [5.74, 6) is 0.870. The van der Waals surface area contributed by atoms with Gasteiger partial charge in [0.2, 0.25) is 0 Å². The molecule has 4 nitrogen and oxygen atoms in total. The highest BCUT2D eigenvalue weighted by atomic mass is 16.5. The fourth-order valence-electron chi connectivity index (χ4n) is 5.42. The maximum absolute atomic E-state index is 13.8. The molecule has 0 aliphatic carbocycles. The fraction of sp³-hybridized carbons (Fsp3) is 0.129. The third kappa shape index (κ3) is 3.41. The Hall–Kier alpha value is -4.31. The molecule has 0 saturated heterocycles. The van der Waals surface area contributed by atoms with Crippen LogP contribution in [0.4, 0.5) is 0 Å². The average Bonchev–Trinajstić information content (AvgIpc) is 3.35. The highest BCUT2D eigenvalue weighted by Crippen LogP contribution is 2.46. The van der Waals surface area contributed by atoms with Crippen molar-refractivity contribution in [1.82, 2.24) is 9.47 Å². The van der Waals surface area contributed by atoms with Crippen LogP contribution in [0.3, 0.4) is 0 Å². The molecule has 1 atom stereocenters. The van der Waals surface area contributed by atoms with E-state index in [0.717, 1.165) is 39.2 Å². The summed E-state index contributed by atoms with van der Waals surface area (Å²) in [6.45, 7) is 0.514. The lowest BCUT2D eigenvalue weighted by Gasteiger charge is -2.27. The molecule has 2 heterocycles. The second kappa shape index (κ2) is 8.48. The number of methoxy groups -OCH3 is 1. The van der Waals surface area contributed by atoms with Crippen LogP contribution < -0.4 is 4.74 Å². The zero-order valence-electron chi connectivity index (χ0n) is 19.8. The molecule has 0 unspecified atom stereocenters. The van der Waals surface area contributed by atoms with Gasteiger partial charge in [-0.25, -0.2) is 0 Å². The van der Waals surface area contributed by atoms with Crippen LogP contribution in [0, 0.1) is 0 Å². The van der Waals surface area contributed by atoms with Gasteiger partial charge in [0.15, 0.2) is 0 Å². The van der Waals surface area contributed by atoms with E-state index in [9.17, 15) is 4.79 Å². The summed E-state index contributed by atoms with van der Waals surface area (Å²) in [6, 6.07) is 34.8. The first-order chi connectivity index (χ1) is 17.2. The average molecular weight is 459 g/mol. The number of hydrogen-bond donors (Lipinski definition) is 0. The molecule has 6 rings (SSSR count). The van der Waals surface area contributed by atoms with E-state index < -0.39 is 0 Å². The predicted octanol–water partition coefficient (Wildman–Crippen LogP) is 6.60. The molecule has 172 valence electrons. The van der Waals surface area contributed by atoms with Gasteiger partial charge in [-0.1, -0.05) is 78.9 Å². The zero-order valence-corrected chi connectivity index (χ0v) is 19.8. The van der Waals surface area contributed by atoms with Crippen molar-refractivity contribution in [1.29, 1.82) is 0 Å². The molecule has 1 aliphatic rings. The number of aryl methyl sites for hydroxylation is 1. The minimum Gasteiger partial charge on any atom is -0.497 e. The van der Waals surface area contributed by atoms with Crippen molar-refractivity contribution in [3.8, 4) is 17.0 Å². The van der Waals surface area contributed by atoms with E-state index in [0.29, 0.717) is 6.54 Å². The van der Waals surface area contributed by atoms with Crippen LogP contribution in [-0.4, -0.2) is 22.5 Å². The summed E-state index contributed by atoms with van der Waals surface area (Å²) in [5.41, 5.74) is 7.50. The lowest BCUT2D eigenvalue weighted by molar-refractivity contribution is 0.0737. The van der Waals surface area contributed by atoms with Crippen molar-refractivity contribution in [2.24, 2.45) is 7.05 Å². The molecule has 4 aromatic carbocycles. The van der Waals surface area contributed by atoms with E-state index in [1.807, 2.05) is 53.4 Å². The molecule has 4 heteroatoms. The summed E-state index contributed by atoms with van der Waals surface area (Å²) in [6.07, 6.45) is 0. The molecule has 0 bridgehead atoms. The maximum Gasteiger partial charge on any atom is 0.255 e. The van der Waals surface area contributed by atoms with Crippen molar-refractivity contribution in [3.05, 3.63) is 125 Å². The van der Waals surface area contributed by atoms with E-state index in [2.05, 4.69) is 66.2 Å². The molecule has 1 amide bonds. The number of para-hydroxylation sites is 1. The van der Waals surface area contributed by atoms with Gasteiger partial charge in [-0.05, 0) is 41.0 Å². The van der Waals surface area contributed by atoms with Crippen LogP contribution in [-0.2, 0) is 13.6 Å². The Morgan fingerprint density at radius 1 is 0.800 bits per heavy atom. The van der Waals surface area contributed by atoms with Gasteiger partial charge in [0.05, 0.1) is 18.8 Å². The topological polar surface area (TPSA) is 34.5 Å².